The largest absolute Gasteiger partial charge is 0.379 e. The fourth-order valence-electron chi connectivity index (χ4n) is 3.52. The Kier molecular flexibility index (Phi) is 10.9. The molecule has 2 N–H and O–H groups in total. The fraction of sp³-hybridized carbons (Fsp3) is 0.650. The minimum Gasteiger partial charge on any atom is -0.379 e. The molecule has 2 aliphatic heterocycles. The van der Waals surface area contributed by atoms with Crippen LogP contribution in [0, 0.1) is 0 Å². The van der Waals surface area contributed by atoms with Gasteiger partial charge in [0, 0.05) is 56.1 Å². The topological polar surface area (TPSA) is 58.1 Å². The first-order chi connectivity index (χ1) is 13.2. The highest BCUT2D eigenvalue weighted by Gasteiger charge is 2.23. The molecule has 158 valence electrons. The van der Waals surface area contributed by atoms with Crippen molar-refractivity contribution in [1.29, 1.82) is 0 Å². The number of guanidine groups is 1. The molecule has 0 spiro atoms. The van der Waals surface area contributed by atoms with Gasteiger partial charge in [-0.2, -0.15) is 0 Å². The van der Waals surface area contributed by atoms with Crippen LogP contribution in [-0.4, -0.2) is 64.6 Å². The Labute approximate surface area is 194 Å². The summed E-state index contributed by atoms with van der Waals surface area (Å²) in [7, 11) is 1.82. The van der Waals surface area contributed by atoms with E-state index in [0.29, 0.717) is 12.1 Å². The van der Waals surface area contributed by atoms with Crippen molar-refractivity contribution in [3.8, 4) is 0 Å². The Hall–Kier alpha value is -0.580. The van der Waals surface area contributed by atoms with Gasteiger partial charge < -0.3 is 25.0 Å². The molecule has 2 heterocycles. The quantitative estimate of drug-likeness (QED) is 0.219. The zero-order chi connectivity index (χ0) is 18.9. The number of anilines is 1. The highest BCUT2D eigenvalue weighted by atomic mass is 127. The van der Waals surface area contributed by atoms with Gasteiger partial charge in [0.1, 0.15) is 0 Å². The molecule has 6 nitrogen and oxygen atoms in total. The average molecular weight is 567 g/mol. The van der Waals surface area contributed by atoms with Gasteiger partial charge in [-0.05, 0) is 49.9 Å². The van der Waals surface area contributed by atoms with Crippen molar-refractivity contribution in [1.82, 2.24) is 10.6 Å². The van der Waals surface area contributed by atoms with E-state index < -0.39 is 0 Å². The molecule has 2 aliphatic rings. The third-order valence-corrected chi connectivity index (χ3v) is 5.56. The standard InChI is InChI=1S/C20H31BrN4O2.HI/c1-22-20(23-10-3-12-26-15-19-4-2-13-27-19)24-17-9-11-25(14-17)18-7-5-16(21)6-8-18;/h5-8,17,19H,2-4,9-15H2,1H3,(H2,22,23,24);1H. The number of ether oxygens (including phenoxy) is 2. The Balaban J connectivity index is 0.00000280. The molecule has 0 saturated carbocycles. The van der Waals surface area contributed by atoms with Crippen LogP contribution >= 0.6 is 39.9 Å². The van der Waals surface area contributed by atoms with Gasteiger partial charge in [0.05, 0.1) is 12.7 Å². The van der Waals surface area contributed by atoms with Crippen molar-refractivity contribution < 1.29 is 9.47 Å². The number of hydrogen-bond acceptors (Lipinski definition) is 4. The Bertz CT molecular complexity index is 596. The summed E-state index contributed by atoms with van der Waals surface area (Å²) in [5.74, 6) is 0.872. The van der Waals surface area contributed by atoms with Crippen LogP contribution in [0.5, 0.6) is 0 Å². The second-order valence-electron chi connectivity index (χ2n) is 7.11. The van der Waals surface area contributed by atoms with Crippen molar-refractivity contribution in [2.24, 2.45) is 4.99 Å². The molecular formula is C20H32BrIN4O2. The normalized spacial score (nSPS) is 22.2. The summed E-state index contributed by atoms with van der Waals surface area (Å²) in [4.78, 5) is 6.76. The number of halogens is 2. The maximum atomic E-state index is 5.70. The number of aliphatic imine (C=N–C) groups is 1. The van der Waals surface area contributed by atoms with Crippen LogP contribution in [0.4, 0.5) is 5.69 Å². The van der Waals surface area contributed by atoms with Crippen molar-refractivity contribution in [3.05, 3.63) is 28.7 Å². The van der Waals surface area contributed by atoms with E-state index in [1.54, 1.807) is 0 Å². The summed E-state index contributed by atoms with van der Waals surface area (Å²) < 4.78 is 12.4. The van der Waals surface area contributed by atoms with Gasteiger partial charge >= 0.3 is 0 Å². The van der Waals surface area contributed by atoms with Crippen molar-refractivity contribution in [3.63, 3.8) is 0 Å². The molecule has 3 rings (SSSR count). The molecule has 2 saturated heterocycles. The minimum absolute atomic E-state index is 0. The number of hydrogen-bond donors (Lipinski definition) is 2. The van der Waals surface area contributed by atoms with Crippen LogP contribution in [-0.2, 0) is 9.47 Å². The zero-order valence-corrected chi connectivity index (χ0v) is 20.4. The molecule has 0 amide bonds. The fourth-order valence-corrected chi connectivity index (χ4v) is 3.79. The van der Waals surface area contributed by atoms with Crippen LogP contribution < -0.4 is 15.5 Å². The van der Waals surface area contributed by atoms with Gasteiger partial charge in [0.2, 0.25) is 0 Å². The first kappa shape index (κ1) is 23.7. The van der Waals surface area contributed by atoms with Gasteiger partial charge in [-0.25, -0.2) is 0 Å². The molecule has 2 atom stereocenters. The van der Waals surface area contributed by atoms with Gasteiger partial charge in [-0.3, -0.25) is 4.99 Å². The highest BCUT2D eigenvalue weighted by molar-refractivity contribution is 14.0. The zero-order valence-electron chi connectivity index (χ0n) is 16.5. The molecule has 0 aliphatic carbocycles. The summed E-state index contributed by atoms with van der Waals surface area (Å²) in [6.45, 7) is 5.28. The number of nitrogens with zero attached hydrogens (tertiary/aromatic N) is 2. The van der Waals surface area contributed by atoms with Crippen LogP contribution in [0.3, 0.4) is 0 Å². The summed E-state index contributed by atoms with van der Waals surface area (Å²) in [5, 5.41) is 6.93. The lowest BCUT2D eigenvalue weighted by atomic mass is 10.2. The summed E-state index contributed by atoms with van der Waals surface area (Å²) in [5.41, 5.74) is 1.27. The second-order valence-corrected chi connectivity index (χ2v) is 8.03. The molecule has 0 aromatic heterocycles. The van der Waals surface area contributed by atoms with Crippen LogP contribution in [0.2, 0.25) is 0 Å². The first-order valence-corrected chi connectivity index (χ1v) is 10.7. The average Bonchev–Trinajstić information content (AvgIpc) is 3.36. The van der Waals surface area contributed by atoms with E-state index in [0.717, 1.165) is 75.6 Å². The van der Waals surface area contributed by atoms with E-state index in [2.05, 4.69) is 60.7 Å². The minimum atomic E-state index is 0. The number of nitrogens with one attached hydrogen (secondary N) is 2. The SMILES string of the molecule is CN=C(NCCCOCC1CCCO1)NC1CCN(c2ccc(Br)cc2)C1.I. The van der Waals surface area contributed by atoms with Crippen LogP contribution in [0.1, 0.15) is 25.7 Å². The first-order valence-electron chi connectivity index (χ1n) is 9.91. The maximum absolute atomic E-state index is 5.70. The summed E-state index contributed by atoms with van der Waals surface area (Å²) in [6.07, 6.45) is 4.68. The van der Waals surface area contributed by atoms with Crippen LogP contribution in [0.25, 0.3) is 0 Å². The predicted octanol–water partition coefficient (Wildman–Crippen LogP) is 3.40. The lowest BCUT2D eigenvalue weighted by Gasteiger charge is -2.20. The lowest BCUT2D eigenvalue weighted by Crippen LogP contribution is -2.45. The Morgan fingerprint density at radius 3 is 2.86 bits per heavy atom. The highest BCUT2D eigenvalue weighted by Crippen LogP contribution is 2.22. The van der Waals surface area contributed by atoms with E-state index >= 15 is 0 Å². The van der Waals surface area contributed by atoms with Gasteiger partial charge in [0.25, 0.3) is 0 Å². The Morgan fingerprint density at radius 2 is 2.14 bits per heavy atom. The maximum Gasteiger partial charge on any atom is 0.191 e. The number of benzene rings is 1. The molecule has 1 aromatic carbocycles. The molecule has 2 fully saturated rings. The summed E-state index contributed by atoms with van der Waals surface area (Å²) in [6, 6.07) is 8.93. The Morgan fingerprint density at radius 1 is 1.32 bits per heavy atom. The third-order valence-electron chi connectivity index (χ3n) is 5.03. The summed E-state index contributed by atoms with van der Waals surface area (Å²) >= 11 is 3.49. The predicted molar refractivity (Wildman–Crippen MR) is 129 cm³/mol. The van der Waals surface area contributed by atoms with Crippen molar-refractivity contribution in [2.75, 3.05) is 51.4 Å². The van der Waals surface area contributed by atoms with Gasteiger partial charge in [-0.15, -0.1) is 24.0 Å². The monoisotopic (exact) mass is 566 g/mol. The van der Waals surface area contributed by atoms with E-state index in [4.69, 9.17) is 9.47 Å². The molecule has 28 heavy (non-hydrogen) atoms. The molecular weight excluding hydrogens is 535 g/mol. The lowest BCUT2D eigenvalue weighted by molar-refractivity contribution is 0.0168. The van der Waals surface area contributed by atoms with Gasteiger partial charge in [-0.1, -0.05) is 15.9 Å². The van der Waals surface area contributed by atoms with Crippen molar-refractivity contribution >= 4 is 51.6 Å². The van der Waals surface area contributed by atoms with Gasteiger partial charge in [0.15, 0.2) is 5.96 Å². The van der Waals surface area contributed by atoms with Crippen molar-refractivity contribution in [2.45, 2.75) is 37.8 Å². The molecule has 2 unspecified atom stereocenters. The molecule has 0 bridgehead atoms. The third kappa shape index (κ3) is 7.68. The molecule has 8 heteroatoms. The van der Waals surface area contributed by atoms with Crippen LogP contribution in [0.15, 0.2) is 33.7 Å². The second kappa shape index (κ2) is 12.9. The molecule has 0 radical (unpaired) electrons. The van der Waals surface area contributed by atoms with E-state index in [-0.39, 0.29) is 24.0 Å². The van der Waals surface area contributed by atoms with E-state index in [9.17, 15) is 0 Å². The smallest absolute Gasteiger partial charge is 0.191 e. The number of rotatable bonds is 8. The van der Waals surface area contributed by atoms with E-state index in [1.807, 2.05) is 7.05 Å². The van der Waals surface area contributed by atoms with E-state index in [1.165, 1.54) is 5.69 Å². The molecule has 1 aromatic rings.